The number of nitro benzene ring substituents is 2. The number of anilines is 1. The van der Waals surface area contributed by atoms with Crippen molar-refractivity contribution in [1.82, 2.24) is 9.78 Å². The van der Waals surface area contributed by atoms with Crippen LogP contribution in [-0.2, 0) is 4.79 Å². The van der Waals surface area contributed by atoms with E-state index >= 15 is 0 Å². The van der Waals surface area contributed by atoms with Crippen LogP contribution in [0.4, 0.5) is 17.1 Å². The molecule has 4 rings (SSSR count). The number of nitrogens with zero attached hydrogens (tertiary/aromatic N) is 6. The third-order valence-corrected chi connectivity index (χ3v) is 5.65. The highest BCUT2D eigenvalue weighted by Gasteiger charge is 2.30. The molecule has 13 heteroatoms. The van der Waals surface area contributed by atoms with E-state index in [2.05, 4.69) is 10.2 Å². The minimum Gasteiger partial charge on any atom is -0.478 e. The Kier molecular flexibility index (Phi) is 5.90. The molecular weight excluding hydrogens is 472 g/mol. The van der Waals surface area contributed by atoms with E-state index in [0.29, 0.717) is 28.4 Å². The number of rotatable bonds is 6. The topological polar surface area (TPSA) is 174 Å². The number of non-ortho nitro benzene ring substituents is 1. The molecule has 0 fully saturated rings. The van der Waals surface area contributed by atoms with Crippen molar-refractivity contribution in [2.24, 2.45) is 5.10 Å². The number of carbonyl (C=O) groups is 2. The van der Waals surface area contributed by atoms with Gasteiger partial charge in [-0.3, -0.25) is 25.0 Å². The van der Waals surface area contributed by atoms with E-state index in [1.807, 2.05) is 0 Å². The highest BCUT2D eigenvalue weighted by molar-refractivity contribution is 6.32. The molecular formula is C23H18N6O7. The summed E-state index contributed by atoms with van der Waals surface area (Å²) in [6.45, 7) is 4.97. The number of amides is 1. The number of carbonyl (C=O) groups excluding carboxylic acids is 1. The highest BCUT2D eigenvalue weighted by atomic mass is 16.6. The monoisotopic (exact) mass is 490 g/mol. The largest absolute Gasteiger partial charge is 0.478 e. The molecule has 0 radical (unpaired) electrons. The van der Waals surface area contributed by atoms with Gasteiger partial charge in [0.1, 0.15) is 5.69 Å². The Morgan fingerprint density at radius 2 is 1.69 bits per heavy atom. The number of carboxylic acids is 1. The van der Waals surface area contributed by atoms with Crippen molar-refractivity contribution in [2.75, 3.05) is 5.01 Å². The average Bonchev–Trinajstić information content (AvgIpc) is 3.28. The van der Waals surface area contributed by atoms with Crippen LogP contribution in [0.25, 0.3) is 11.8 Å². The summed E-state index contributed by atoms with van der Waals surface area (Å²) in [6, 6.07) is 8.96. The van der Waals surface area contributed by atoms with Gasteiger partial charge in [-0.1, -0.05) is 0 Å². The number of aromatic nitrogens is 2. The fourth-order valence-corrected chi connectivity index (χ4v) is 3.80. The molecule has 182 valence electrons. The van der Waals surface area contributed by atoms with Crippen molar-refractivity contribution in [3.05, 3.63) is 90.8 Å². The summed E-state index contributed by atoms with van der Waals surface area (Å²) >= 11 is 0. The number of nitro groups is 2. The van der Waals surface area contributed by atoms with E-state index in [4.69, 9.17) is 5.11 Å². The molecule has 0 atom stereocenters. The summed E-state index contributed by atoms with van der Waals surface area (Å²) in [5.41, 5.74) is 1.74. The average molecular weight is 490 g/mol. The van der Waals surface area contributed by atoms with Gasteiger partial charge in [0.25, 0.3) is 11.6 Å². The number of hydrogen-bond acceptors (Lipinski definition) is 8. The Balaban J connectivity index is 1.73. The van der Waals surface area contributed by atoms with Gasteiger partial charge in [0, 0.05) is 17.3 Å². The number of carboxylic acid groups (broad SMARTS) is 1. The fraction of sp³-hybridized carbons (Fsp3) is 0.130. The lowest BCUT2D eigenvalue weighted by atomic mass is 10.1. The summed E-state index contributed by atoms with van der Waals surface area (Å²) in [6.07, 6.45) is 1.58. The number of aryl methyl sites for hydroxylation is 1. The van der Waals surface area contributed by atoms with Gasteiger partial charge < -0.3 is 5.11 Å². The highest BCUT2D eigenvalue weighted by Crippen LogP contribution is 2.31. The van der Waals surface area contributed by atoms with Gasteiger partial charge >= 0.3 is 11.7 Å². The maximum absolute atomic E-state index is 13.1. The van der Waals surface area contributed by atoms with Crippen LogP contribution in [0, 0.1) is 34.1 Å². The van der Waals surface area contributed by atoms with Crippen molar-refractivity contribution in [3.63, 3.8) is 0 Å². The first-order chi connectivity index (χ1) is 17.0. The third-order valence-electron chi connectivity index (χ3n) is 5.65. The minimum absolute atomic E-state index is 0.0409. The minimum atomic E-state index is -1.09. The zero-order valence-electron chi connectivity index (χ0n) is 19.2. The van der Waals surface area contributed by atoms with E-state index in [0.717, 1.165) is 17.1 Å². The van der Waals surface area contributed by atoms with E-state index in [1.54, 1.807) is 26.8 Å². The predicted molar refractivity (Wildman–Crippen MR) is 128 cm³/mol. The molecule has 2 heterocycles. The summed E-state index contributed by atoms with van der Waals surface area (Å²) in [5, 5.41) is 41.5. The molecule has 0 bridgehead atoms. The van der Waals surface area contributed by atoms with Crippen LogP contribution in [0.1, 0.15) is 34.2 Å². The lowest BCUT2D eigenvalue weighted by Gasteiger charge is -2.11. The predicted octanol–water partition coefficient (Wildman–Crippen LogP) is 3.81. The van der Waals surface area contributed by atoms with E-state index in [1.165, 1.54) is 35.0 Å². The van der Waals surface area contributed by atoms with Gasteiger partial charge in [0.05, 0.1) is 44.1 Å². The van der Waals surface area contributed by atoms with E-state index in [9.17, 15) is 29.8 Å². The molecule has 0 saturated heterocycles. The zero-order chi connectivity index (χ0) is 26.3. The van der Waals surface area contributed by atoms with Crippen molar-refractivity contribution in [2.45, 2.75) is 20.8 Å². The Bertz CT molecular complexity index is 1520. The van der Waals surface area contributed by atoms with Crippen LogP contribution in [0.2, 0.25) is 0 Å². The summed E-state index contributed by atoms with van der Waals surface area (Å²) in [4.78, 5) is 45.4. The molecule has 2 aromatic carbocycles. The second-order valence-electron chi connectivity index (χ2n) is 7.90. The van der Waals surface area contributed by atoms with Gasteiger partial charge in [0.15, 0.2) is 0 Å². The first-order valence-electron chi connectivity index (χ1n) is 10.4. The Morgan fingerprint density at radius 3 is 2.28 bits per heavy atom. The first kappa shape index (κ1) is 23.9. The molecule has 1 amide bonds. The van der Waals surface area contributed by atoms with Crippen LogP contribution in [0.15, 0.2) is 53.1 Å². The molecule has 1 aliphatic heterocycles. The molecule has 1 aromatic heterocycles. The van der Waals surface area contributed by atoms with Crippen LogP contribution in [0.3, 0.4) is 0 Å². The smallest absolute Gasteiger partial charge is 0.335 e. The fourth-order valence-electron chi connectivity index (χ4n) is 3.80. The molecule has 0 aliphatic carbocycles. The lowest BCUT2D eigenvalue weighted by molar-refractivity contribution is -0.394. The standard InChI is InChI=1S/C23H18N6O7/c1-12-18(14(3)26(24-12)20-9-8-17(28(33)34)10-21(20)29(35)36)11-19-13(2)25-27(22(19)30)16-6-4-15(5-7-16)23(31)32/h4-11H,1-3H3,(H,31,32)/b19-11+. The molecule has 13 nitrogen and oxygen atoms in total. The van der Waals surface area contributed by atoms with Gasteiger partial charge in [-0.2, -0.15) is 15.2 Å². The van der Waals surface area contributed by atoms with Crippen LogP contribution in [0.5, 0.6) is 0 Å². The van der Waals surface area contributed by atoms with E-state index in [-0.39, 0.29) is 16.8 Å². The maximum atomic E-state index is 13.1. The van der Waals surface area contributed by atoms with Crippen LogP contribution >= 0.6 is 0 Å². The van der Waals surface area contributed by atoms with Crippen molar-refractivity contribution < 1.29 is 24.5 Å². The molecule has 36 heavy (non-hydrogen) atoms. The SMILES string of the molecule is CC1=NN(c2ccc(C(=O)O)cc2)C(=O)/C1=C/c1c(C)nn(-c2ccc([N+](=O)[O-])cc2[N+](=O)[O-])c1C. The van der Waals surface area contributed by atoms with Gasteiger partial charge in [-0.15, -0.1) is 0 Å². The second kappa shape index (κ2) is 8.87. The number of hydrazone groups is 1. The Morgan fingerprint density at radius 1 is 1.03 bits per heavy atom. The zero-order valence-corrected chi connectivity index (χ0v) is 19.2. The summed E-state index contributed by atoms with van der Waals surface area (Å²) < 4.78 is 1.30. The van der Waals surface area contributed by atoms with Gasteiger partial charge in [-0.25, -0.2) is 9.48 Å². The quantitative estimate of drug-likeness (QED) is 0.308. The second-order valence-corrected chi connectivity index (χ2v) is 7.90. The Hall–Kier alpha value is -5.20. The Labute approximate surface area is 202 Å². The maximum Gasteiger partial charge on any atom is 0.335 e. The van der Waals surface area contributed by atoms with Crippen LogP contribution in [-0.4, -0.2) is 42.3 Å². The normalized spacial score (nSPS) is 14.3. The number of aromatic carboxylic acids is 1. The van der Waals surface area contributed by atoms with Crippen LogP contribution < -0.4 is 5.01 Å². The van der Waals surface area contributed by atoms with Gasteiger partial charge in [-0.05, 0) is 57.2 Å². The van der Waals surface area contributed by atoms with Crippen molar-refractivity contribution in [1.29, 1.82) is 0 Å². The van der Waals surface area contributed by atoms with Gasteiger partial charge in [0.2, 0.25) is 0 Å². The molecule has 1 N–H and O–H groups in total. The summed E-state index contributed by atoms with van der Waals surface area (Å²) in [5.74, 6) is -1.53. The number of hydrogen-bond donors (Lipinski definition) is 1. The van der Waals surface area contributed by atoms with Crippen molar-refractivity contribution >= 4 is 40.7 Å². The third kappa shape index (κ3) is 4.09. The lowest BCUT2D eigenvalue weighted by Crippen LogP contribution is -2.21. The molecule has 0 spiro atoms. The van der Waals surface area contributed by atoms with Crippen molar-refractivity contribution in [3.8, 4) is 5.69 Å². The number of benzene rings is 2. The molecule has 3 aromatic rings. The molecule has 0 unspecified atom stereocenters. The molecule has 0 saturated carbocycles. The van der Waals surface area contributed by atoms with E-state index < -0.39 is 33.1 Å². The molecule has 1 aliphatic rings. The first-order valence-corrected chi connectivity index (χ1v) is 10.4. The summed E-state index contributed by atoms with van der Waals surface area (Å²) in [7, 11) is 0.